The van der Waals surface area contributed by atoms with Crippen LogP contribution in [0.25, 0.3) is 0 Å². The predicted molar refractivity (Wildman–Crippen MR) is 76.3 cm³/mol. The third kappa shape index (κ3) is 3.84. The number of quaternary nitrogens is 1. The van der Waals surface area contributed by atoms with Crippen molar-refractivity contribution in [2.75, 3.05) is 20.2 Å². The van der Waals surface area contributed by atoms with Gasteiger partial charge >= 0.3 is 5.97 Å². The highest BCUT2D eigenvalue weighted by Crippen LogP contribution is 2.32. The molecule has 0 saturated carbocycles. The molecule has 0 saturated heterocycles. The summed E-state index contributed by atoms with van der Waals surface area (Å²) in [6, 6.07) is 0. The van der Waals surface area contributed by atoms with E-state index in [1.54, 1.807) is 6.92 Å². The van der Waals surface area contributed by atoms with Crippen molar-refractivity contribution in [1.29, 1.82) is 0 Å². The van der Waals surface area contributed by atoms with Crippen LogP contribution in [0.15, 0.2) is 12.2 Å². The first-order valence-corrected chi connectivity index (χ1v) is 6.51. The van der Waals surface area contributed by atoms with Crippen molar-refractivity contribution in [2.45, 2.75) is 59.5 Å². The second-order valence-corrected chi connectivity index (χ2v) is 7.17. The Kier molecular flexibility index (Phi) is 5.18. The van der Waals surface area contributed by atoms with Crippen LogP contribution in [0, 0.1) is 0 Å². The molecule has 0 amide bonds. The maximum Gasteiger partial charge on any atom is 0.333 e. The number of carbonyl (C=O) groups is 1. The average molecular weight is 256 g/mol. The Bertz CT molecular complexity index is 304. The van der Waals surface area contributed by atoms with Crippen molar-refractivity contribution in [3.8, 4) is 0 Å². The van der Waals surface area contributed by atoms with Crippen LogP contribution in [0.4, 0.5) is 0 Å². The molecule has 0 fully saturated rings. The van der Waals surface area contributed by atoms with Gasteiger partial charge in [-0.2, -0.15) is 0 Å². The van der Waals surface area contributed by atoms with E-state index in [2.05, 4.69) is 55.2 Å². The largest absolute Gasteiger partial charge is 0.456 e. The maximum atomic E-state index is 11.4. The minimum absolute atomic E-state index is 0.0912. The van der Waals surface area contributed by atoms with E-state index in [1.807, 2.05) is 0 Å². The van der Waals surface area contributed by atoms with Crippen LogP contribution >= 0.6 is 0 Å². The summed E-state index contributed by atoms with van der Waals surface area (Å²) in [6.45, 7) is 19.8. The molecule has 0 unspecified atom stereocenters. The second-order valence-electron chi connectivity index (χ2n) is 7.17. The number of esters is 1. The van der Waals surface area contributed by atoms with E-state index in [-0.39, 0.29) is 17.0 Å². The zero-order valence-corrected chi connectivity index (χ0v) is 13.4. The van der Waals surface area contributed by atoms with E-state index in [9.17, 15) is 4.79 Å². The molecule has 0 aliphatic heterocycles. The fourth-order valence-electron chi connectivity index (χ4n) is 2.12. The third-order valence-electron chi connectivity index (χ3n) is 4.08. The number of likely N-dealkylation sites (N-methyl/N-ethyl adjacent to an activating group) is 1. The van der Waals surface area contributed by atoms with Crippen LogP contribution in [-0.4, -0.2) is 41.7 Å². The van der Waals surface area contributed by atoms with Gasteiger partial charge in [-0.05, 0) is 48.5 Å². The van der Waals surface area contributed by atoms with E-state index < -0.39 is 0 Å². The van der Waals surface area contributed by atoms with Crippen molar-refractivity contribution in [2.24, 2.45) is 0 Å². The first-order chi connectivity index (χ1) is 7.83. The van der Waals surface area contributed by atoms with E-state index in [0.717, 1.165) is 11.0 Å². The van der Waals surface area contributed by atoms with Gasteiger partial charge in [0.25, 0.3) is 0 Å². The maximum absolute atomic E-state index is 11.4. The highest BCUT2D eigenvalue weighted by molar-refractivity contribution is 5.86. The second kappa shape index (κ2) is 5.43. The molecular formula is C15H30NO2+. The van der Waals surface area contributed by atoms with Gasteiger partial charge in [-0.15, -0.1) is 0 Å². The molecule has 0 N–H and O–H groups in total. The highest BCUT2D eigenvalue weighted by Gasteiger charge is 2.45. The Morgan fingerprint density at radius 3 is 1.78 bits per heavy atom. The SMILES string of the molecule is C=C(C)C(=O)OCC[N+](C)(C(C)(C)C)C(C)(C)C. The van der Waals surface area contributed by atoms with Crippen LogP contribution in [-0.2, 0) is 9.53 Å². The summed E-state index contributed by atoms with van der Waals surface area (Å²) >= 11 is 0. The van der Waals surface area contributed by atoms with Gasteiger partial charge in [-0.1, -0.05) is 6.58 Å². The molecule has 0 aromatic heterocycles. The highest BCUT2D eigenvalue weighted by atomic mass is 16.5. The predicted octanol–water partition coefficient (Wildman–Crippen LogP) is 3.15. The molecule has 0 bridgehead atoms. The van der Waals surface area contributed by atoms with Gasteiger partial charge in [0.15, 0.2) is 0 Å². The number of nitrogens with zero attached hydrogens (tertiary/aromatic N) is 1. The fraction of sp³-hybridized carbons (Fsp3) is 0.800. The Hall–Kier alpha value is -0.830. The van der Waals surface area contributed by atoms with E-state index in [4.69, 9.17) is 4.74 Å². The quantitative estimate of drug-likeness (QED) is 0.439. The summed E-state index contributed by atoms with van der Waals surface area (Å²) in [4.78, 5) is 11.4. The Balaban J connectivity index is 4.77. The van der Waals surface area contributed by atoms with Gasteiger partial charge in [0.2, 0.25) is 0 Å². The van der Waals surface area contributed by atoms with Crippen LogP contribution in [0.1, 0.15) is 48.5 Å². The molecule has 106 valence electrons. The van der Waals surface area contributed by atoms with Crippen LogP contribution in [0.2, 0.25) is 0 Å². The summed E-state index contributed by atoms with van der Waals surface area (Å²) in [5.74, 6) is -0.302. The number of ether oxygens (including phenoxy) is 1. The third-order valence-corrected chi connectivity index (χ3v) is 4.08. The summed E-state index contributed by atoms with van der Waals surface area (Å²) in [6.07, 6.45) is 0. The minimum atomic E-state index is -0.302. The van der Waals surface area contributed by atoms with Crippen molar-refractivity contribution >= 4 is 5.97 Å². The lowest BCUT2D eigenvalue weighted by molar-refractivity contribution is -0.994. The molecule has 0 spiro atoms. The number of carbonyl (C=O) groups excluding carboxylic acids is 1. The zero-order chi connectivity index (χ0) is 14.8. The molecule has 0 aliphatic carbocycles. The molecule has 0 rings (SSSR count). The standard InChI is InChI=1S/C15H30NO2/c1-12(2)13(17)18-11-10-16(9,14(3,4)5)15(6,7)8/h1,10-11H2,2-9H3/q+1. The van der Waals surface area contributed by atoms with Gasteiger partial charge in [0.05, 0.1) is 18.1 Å². The molecule has 18 heavy (non-hydrogen) atoms. The van der Waals surface area contributed by atoms with Gasteiger partial charge in [-0.25, -0.2) is 4.79 Å². The van der Waals surface area contributed by atoms with Gasteiger partial charge in [-0.3, -0.25) is 0 Å². The lowest BCUT2D eigenvalue weighted by atomic mass is 9.91. The average Bonchev–Trinajstić information content (AvgIpc) is 2.13. The Labute approximate surface area is 112 Å². The van der Waals surface area contributed by atoms with Crippen molar-refractivity contribution in [1.82, 2.24) is 0 Å². The summed E-state index contributed by atoms with van der Waals surface area (Å²) in [7, 11) is 2.22. The zero-order valence-electron chi connectivity index (χ0n) is 13.4. The lowest BCUT2D eigenvalue weighted by Gasteiger charge is -2.54. The van der Waals surface area contributed by atoms with Gasteiger partial charge in [0, 0.05) is 5.57 Å². The molecule has 3 heteroatoms. The number of hydrogen-bond donors (Lipinski definition) is 0. The van der Waals surface area contributed by atoms with Crippen molar-refractivity contribution in [3.63, 3.8) is 0 Å². The first-order valence-electron chi connectivity index (χ1n) is 6.51. The fourth-order valence-corrected chi connectivity index (χ4v) is 2.12. The molecule has 0 aromatic carbocycles. The number of hydrogen-bond acceptors (Lipinski definition) is 2. The lowest BCUT2D eigenvalue weighted by Crippen LogP contribution is -2.67. The topological polar surface area (TPSA) is 26.3 Å². The molecule has 0 radical (unpaired) electrons. The van der Waals surface area contributed by atoms with Crippen LogP contribution in [0.5, 0.6) is 0 Å². The molecule has 0 heterocycles. The van der Waals surface area contributed by atoms with Crippen LogP contribution in [0.3, 0.4) is 0 Å². The van der Waals surface area contributed by atoms with E-state index >= 15 is 0 Å². The smallest absolute Gasteiger partial charge is 0.333 e. The molecule has 0 atom stereocenters. The van der Waals surface area contributed by atoms with Gasteiger partial charge < -0.3 is 9.22 Å². The minimum Gasteiger partial charge on any atom is -0.456 e. The van der Waals surface area contributed by atoms with Crippen molar-refractivity contribution in [3.05, 3.63) is 12.2 Å². The molecular weight excluding hydrogens is 226 g/mol. The number of rotatable bonds is 4. The van der Waals surface area contributed by atoms with Crippen molar-refractivity contribution < 1.29 is 14.0 Å². The Morgan fingerprint density at radius 2 is 1.50 bits per heavy atom. The molecule has 0 aliphatic rings. The molecule has 0 aromatic rings. The Morgan fingerprint density at radius 1 is 1.11 bits per heavy atom. The monoisotopic (exact) mass is 256 g/mol. The molecule has 3 nitrogen and oxygen atoms in total. The van der Waals surface area contributed by atoms with E-state index in [1.165, 1.54) is 0 Å². The van der Waals surface area contributed by atoms with Crippen LogP contribution < -0.4 is 0 Å². The summed E-state index contributed by atoms with van der Waals surface area (Å²) < 4.78 is 6.07. The summed E-state index contributed by atoms with van der Waals surface area (Å²) in [5, 5.41) is 0. The normalized spacial score (nSPS) is 13.3. The summed E-state index contributed by atoms with van der Waals surface area (Å²) in [5.41, 5.74) is 0.637. The van der Waals surface area contributed by atoms with Gasteiger partial charge in [0.1, 0.15) is 13.2 Å². The van der Waals surface area contributed by atoms with E-state index in [0.29, 0.717) is 12.2 Å². The first kappa shape index (κ1) is 17.2.